The zero-order valence-corrected chi connectivity index (χ0v) is 32.3. The number of rotatable bonds is 32. The molecule has 0 bridgehead atoms. The average molecular weight is 650 g/mol. The summed E-state index contributed by atoms with van der Waals surface area (Å²) in [6.07, 6.45) is 43.0. The maximum Gasteiger partial charge on any atom is 0.104 e. The lowest BCUT2D eigenvalue weighted by molar-refractivity contribution is -0.903. The molecule has 0 N–H and O–H groups in total. The lowest BCUT2D eigenvalue weighted by Gasteiger charge is -2.30. The zero-order chi connectivity index (χ0) is 32.2. The van der Waals surface area contributed by atoms with E-state index in [-0.39, 0.29) is 12.4 Å². The highest BCUT2D eigenvalue weighted by atomic mass is 35.5. The minimum atomic E-state index is 0. The average Bonchev–Trinajstić information content (AvgIpc) is 3.02. The number of halogens is 1. The van der Waals surface area contributed by atoms with Gasteiger partial charge in [0.05, 0.1) is 20.6 Å². The maximum atomic E-state index is 3.87. The summed E-state index contributed by atoms with van der Waals surface area (Å²) in [6.45, 7) is 10.9. The van der Waals surface area contributed by atoms with Crippen molar-refractivity contribution in [2.24, 2.45) is 0 Å². The minimum absolute atomic E-state index is 0. The van der Waals surface area contributed by atoms with E-state index in [1.807, 2.05) is 0 Å². The third-order valence-electron chi connectivity index (χ3n) is 9.42. The van der Waals surface area contributed by atoms with Crippen molar-refractivity contribution in [1.29, 1.82) is 0 Å². The molecule has 1 rings (SSSR count). The third kappa shape index (κ3) is 37.8. The van der Waals surface area contributed by atoms with Gasteiger partial charge < -0.3 is 16.9 Å². The fourth-order valence-corrected chi connectivity index (χ4v) is 6.44. The van der Waals surface area contributed by atoms with Crippen LogP contribution in [0, 0.1) is 6.92 Å². The van der Waals surface area contributed by atoms with Gasteiger partial charge in [0.1, 0.15) is 6.54 Å². The molecule has 1 aromatic rings. The predicted octanol–water partition coefficient (Wildman–Crippen LogP) is 11.8. The molecule has 0 heterocycles. The predicted molar refractivity (Wildman–Crippen MR) is 202 cm³/mol. The molecule has 0 aromatic heterocycles. The number of nitrogens with zero attached hydrogens (tertiary/aromatic N) is 1. The topological polar surface area (TPSA) is 0 Å². The summed E-state index contributed by atoms with van der Waals surface area (Å²) in [6, 6.07) is 10.9. The van der Waals surface area contributed by atoms with Crippen LogP contribution in [0.2, 0.25) is 0 Å². The van der Waals surface area contributed by atoms with E-state index in [1.165, 1.54) is 198 Å². The molecule has 0 amide bonds. The van der Waals surface area contributed by atoms with Crippen molar-refractivity contribution in [1.82, 2.24) is 0 Å². The monoisotopic (exact) mass is 649 g/mol. The Kier molecular flexibility index (Phi) is 39.3. The summed E-state index contributed by atoms with van der Waals surface area (Å²) in [5.41, 5.74) is 1.46. The first-order valence-corrected chi connectivity index (χ1v) is 20.2. The van der Waals surface area contributed by atoms with Crippen LogP contribution in [-0.4, -0.2) is 25.1 Å². The molecule has 0 fully saturated rings. The van der Waals surface area contributed by atoms with Gasteiger partial charge in [-0.2, -0.15) is 0 Å². The Labute approximate surface area is 292 Å². The third-order valence-corrected chi connectivity index (χ3v) is 9.42. The molecular formula is C43H83ClN. The van der Waals surface area contributed by atoms with Crippen molar-refractivity contribution >= 4 is 0 Å². The first-order chi connectivity index (χ1) is 21.6. The number of hydrogen-bond acceptors (Lipinski definition) is 0. The van der Waals surface area contributed by atoms with E-state index in [2.05, 4.69) is 65.2 Å². The highest BCUT2D eigenvalue weighted by molar-refractivity contribution is 5.13. The Bertz CT molecular complexity index is 629. The first kappa shape index (κ1) is 46.6. The van der Waals surface area contributed by atoms with Crippen molar-refractivity contribution in [2.75, 3.05) is 20.6 Å². The normalized spacial score (nSPS) is 11.2. The van der Waals surface area contributed by atoms with Crippen LogP contribution in [0.25, 0.3) is 0 Å². The first-order valence-electron chi connectivity index (χ1n) is 20.2. The molecule has 0 saturated carbocycles. The minimum Gasteiger partial charge on any atom is -1.00 e. The van der Waals surface area contributed by atoms with Gasteiger partial charge in [0.2, 0.25) is 0 Å². The fourth-order valence-electron chi connectivity index (χ4n) is 6.44. The molecule has 0 aliphatic rings. The molecule has 0 unspecified atom stereocenters. The van der Waals surface area contributed by atoms with E-state index >= 15 is 0 Å². The summed E-state index contributed by atoms with van der Waals surface area (Å²) in [4.78, 5) is 0. The number of benzene rings is 1. The van der Waals surface area contributed by atoms with Crippen LogP contribution in [0.4, 0.5) is 0 Å². The Hall–Kier alpha value is -0.530. The van der Waals surface area contributed by atoms with E-state index < -0.39 is 0 Å². The molecule has 267 valence electrons. The van der Waals surface area contributed by atoms with Crippen LogP contribution in [-0.2, 0) is 6.54 Å². The van der Waals surface area contributed by atoms with Gasteiger partial charge in [0.25, 0.3) is 0 Å². The number of quaternary nitrogens is 1. The summed E-state index contributed by atoms with van der Waals surface area (Å²) in [7, 11) is 4.75. The van der Waals surface area contributed by atoms with E-state index in [0.717, 1.165) is 17.4 Å². The Balaban J connectivity index is 0. The molecule has 2 heteroatoms. The van der Waals surface area contributed by atoms with Gasteiger partial charge in [-0.3, -0.25) is 0 Å². The number of unbranched alkanes of at least 4 members (excludes halogenated alkanes) is 28. The molecule has 0 aliphatic heterocycles. The van der Waals surface area contributed by atoms with Crippen molar-refractivity contribution in [3.8, 4) is 0 Å². The molecule has 0 spiro atoms. The second-order valence-electron chi connectivity index (χ2n) is 14.7. The van der Waals surface area contributed by atoms with Crippen LogP contribution in [0.5, 0.6) is 0 Å². The zero-order valence-electron chi connectivity index (χ0n) is 31.5. The lowest BCUT2D eigenvalue weighted by atomic mass is 10.0. The van der Waals surface area contributed by atoms with Crippen molar-refractivity contribution < 1.29 is 16.9 Å². The van der Waals surface area contributed by atoms with Gasteiger partial charge in [-0.15, -0.1) is 0 Å². The summed E-state index contributed by atoms with van der Waals surface area (Å²) in [5.74, 6) is 0. The van der Waals surface area contributed by atoms with E-state index in [1.54, 1.807) is 0 Å². The molecule has 1 radical (unpaired) electrons. The molecule has 45 heavy (non-hydrogen) atoms. The quantitative estimate of drug-likeness (QED) is 0.0538. The van der Waals surface area contributed by atoms with Crippen LogP contribution < -0.4 is 12.4 Å². The molecule has 0 aliphatic carbocycles. The van der Waals surface area contributed by atoms with Gasteiger partial charge in [-0.1, -0.05) is 231 Å². The Morgan fingerprint density at radius 3 is 1.02 bits per heavy atom. The van der Waals surface area contributed by atoms with Crippen LogP contribution in [0.3, 0.4) is 0 Å². The van der Waals surface area contributed by atoms with Crippen molar-refractivity contribution in [3.05, 3.63) is 42.8 Å². The van der Waals surface area contributed by atoms with Crippen LogP contribution in [0.1, 0.15) is 212 Å². The standard InChI is InChI=1S/C27H50N.C16H33.ClH/c1-4-5-6-7-8-9-10-11-12-13-14-15-16-17-18-22-25-28(2,3)26-27-23-20-19-21-24-27;1-3-5-7-9-11-13-15-16-14-12-10-8-6-4-2;/h19-21,23-24H,4-18,22,25-26H2,1-3H3;1,3-16H2,2H3;1H/q+1;;/p-1. The Morgan fingerprint density at radius 1 is 0.422 bits per heavy atom. The van der Waals surface area contributed by atoms with Crippen molar-refractivity contribution in [3.63, 3.8) is 0 Å². The maximum absolute atomic E-state index is 3.87. The highest BCUT2D eigenvalue weighted by Gasteiger charge is 2.14. The van der Waals surface area contributed by atoms with E-state index in [4.69, 9.17) is 0 Å². The molecule has 1 aromatic carbocycles. The SMILES string of the molecule is CCCCCCCCCCCCCCCCCC[N+](C)(C)Cc1ccccc1.[CH2]CCCCCCCCCCCCCCC.[Cl-]. The smallest absolute Gasteiger partial charge is 0.104 e. The summed E-state index contributed by atoms with van der Waals surface area (Å²) < 4.78 is 1.11. The lowest BCUT2D eigenvalue weighted by Crippen LogP contribution is -3.00. The van der Waals surface area contributed by atoms with Crippen molar-refractivity contribution in [2.45, 2.75) is 213 Å². The van der Waals surface area contributed by atoms with E-state index in [0.29, 0.717) is 0 Å². The second-order valence-corrected chi connectivity index (χ2v) is 14.7. The second kappa shape index (κ2) is 37.9. The molecule has 0 saturated heterocycles. The molecule has 0 atom stereocenters. The van der Waals surface area contributed by atoms with Gasteiger partial charge in [-0.25, -0.2) is 0 Å². The van der Waals surface area contributed by atoms with Crippen LogP contribution >= 0.6 is 0 Å². The summed E-state index contributed by atoms with van der Waals surface area (Å²) >= 11 is 0. The molecular weight excluding hydrogens is 566 g/mol. The highest BCUT2D eigenvalue weighted by Crippen LogP contribution is 2.16. The van der Waals surface area contributed by atoms with Gasteiger partial charge >= 0.3 is 0 Å². The van der Waals surface area contributed by atoms with Gasteiger partial charge in [-0.05, 0) is 12.8 Å². The van der Waals surface area contributed by atoms with Crippen LogP contribution in [0.15, 0.2) is 30.3 Å². The number of hydrogen-bond donors (Lipinski definition) is 0. The van der Waals surface area contributed by atoms with Gasteiger partial charge in [0.15, 0.2) is 0 Å². The van der Waals surface area contributed by atoms with Gasteiger partial charge in [0, 0.05) is 5.56 Å². The molecule has 1 nitrogen and oxygen atoms in total. The summed E-state index contributed by atoms with van der Waals surface area (Å²) in [5, 5.41) is 0. The van der Waals surface area contributed by atoms with E-state index in [9.17, 15) is 0 Å². The fraction of sp³-hybridized carbons (Fsp3) is 0.837. The largest absolute Gasteiger partial charge is 1.00 e. The Morgan fingerprint density at radius 2 is 0.711 bits per heavy atom.